The lowest BCUT2D eigenvalue weighted by Crippen LogP contribution is -2.45. The van der Waals surface area contributed by atoms with E-state index in [2.05, 4.69) is 43.5 Å². The van der Waals surface area contributed by atoms with Crippen LogP contribution in [0.25, 0.3) is 0 Å². The topological polar surface area (TPSA) is 95.9 Å². The molecule has 2 unspecified atom stereocenters. The molecule has 0 saturated heterocycles. The lowest BCUT2D eigenvalue weighted by molar-refractivity contribution is -0.143. The number of amides is 1. The van der Waals surface area contributed by atoms with Crippen LogP contribution in [0.15, 0.2) is 24.3 Å². The molecule has 0 rings (SSSR count). The Morgan fingerprint density at radius 1 is 0.298 bits per heavy atom. The van der Waals surface area contributed by atoms with Gasteiger partial charge in [0, 0.05) is 12.8 Å². The summed E-state index contributed by atoms with van der Waals surface area (Å²) in [7, 11) is 0. The van der Waals surface area contributed by atoms with E-state index in [0.29, 0.717) is 25.9 Å². The lowest BCUT2D eigenvalue weighted by atomic mass is 10.0. The highest BCUT2D eigenvalue weighted by Crippen LogP contribution is 2.21. The number of carbonyl (C=O) groups is 2. The number of carbonyl (C=O) groups excluding carboxylic acids is 2. The Morgan fingerprint density at radius 3 is 0.809 bits per heavy atom. The molecule has 558 valence electrons. The number of allylic oxidation sites excluding steroid dienone is 4. The van der Waals surface area contributed by atoms with Crippen molar-refractivity contribution in [3.05, 3.63) is 24.3 Å². The van der Waals surface area contributed by atoms with Gasteiger partial charge in [-0.3, -0.25) is 9.59 Å². The van der Waals surface area contributed by atoms with Crippen LogP contribution in [0.5, 0.6) is 0 Å². The molecule has 3 N–H and O–H groups in total. The maximum absolute atomic E-state index is 12.6. The van der Waals surface area contributed by atoms with Crippen molar-refractivity contribution in [1.29, 1.82) is 0 Å². The van der Waals surface area contributed by atoms with E-state index in [-0.39, 0.29) is 18.5 Å². The summed E-state index contributed by atoms with van der Waals surface area (Å²) >= 11 is 0. The summed E-state index contributed by atoms with van der Waals surface area (Å²) in [5.41, 5.74) is 0. The first-order chi connectivity index (χ1) is 46.5. The molecule has 0 aliphatic heterocycles. The largest absolute Gasteiger partial charge is 0.466 e. The van der Waals surface area contributed by atoms with Crippen LogP contribution in [0.2, 0.25) is 0 Å². The zero-order chi connectivity index (χ0) is 67.7. The molecule has 6 nitrogen and oxygen atoms in total. The second kappa shape index (κ2) is 83.8. The molecule has 6 heteroatoms. The second-order valence-corrected chi connectivity index (χ2v) is 30.2. The number of hydrogen-bond donors (Lipinski definition) is 3. The van der Waals surface area contributed by atoms with Crippen LogP contribution < -0.4 is 5.32 Å². The zero-order valence-electron chi connectivity index (χ0n) is 64.2. The molecule has 0 heterocycles. The van der Waals surface area contributed by atoms with Crippen molar-refractivity contribution >= 4 is 11.9 Å². The third kappa shape index (κ3) is 79.3. The van der Waals surface area contributed by atoms with Gasteiger partial charge in [-0.25, -0.2) is 0 Å². The fraction of sp³-hybridized carbons (Fsp3) is 0.932. The van der Waals surface area contributed by atoms with E-state index < -0.39 is 12.1 Å². The summed E-state index contributed by atoms with van der Waals surface area (Å²) < 4.78 is 5.51. The molecule has 0 aliphatic rings. The molecule has 0 spiro atoms. The Morgan fingerprint density at radius 2 is 0.532 bits per heavy atom. The van der Waals surface area contributed by atoms with Gasteiger partial charge in [0.25, 0.3) is 0 Å². The SMILES string of the molecule is CCCCCCCCCCCCCCCCCCCCCCCCCCC(O)C(CO)NC(=O)CCCCCCCCCCCCCCCCCCC/C=C\C/C=C\CCCCCCCCCCCCCCCOC(=O)CCCCCCCCCCCCCCCCCC. The number of aliphatic hydroxyl groups excluding tert-OH is 2. The van der Waals surface area contributed by atoms with Crippen LogP contribution >= 0.6 is 0 Å². The maximum atomic E-state index is 12.6. The van der Waals surface area contributed by atoms with E-state index in [0.717, 1.165) is 44.9 Å². The van der Waals surface area contributed by atoms with Gasteiger partial charge in [0.2, 0.25) is 5.91 Å². The highest BCUT2D eigenvalue weighted by Gasteiger charge is 2.20. The zero-order valence-corrected chi connectivity index (χ0v) is 64.2. The quantitative estimate of drug-likeness (QED) is 0.0320. The van der Waals surface area contributed by atoms with E-state index >= 15 is 0 Å². The van der Waals surface area contributed by atoms with Crippen LogP contribution in [0.4, 0.5) is 0 Å². The minimum absolute atomic E-state index is 0.0235. The third-order valence-electron chi connectivity index (χ3n) is 20.8. The summed E-state index contributed by atoms with van der Waals surface area (Å²) in [6.07, 6.45) is 109. The summed E-state index contributed by atoms with van der Waals surface area (Å²) in [4.78, 5) is 24.7. The number of rotatable bonds is 83. The van der Waals surface area contributed by atoms with Crippen molar-refractivity contribution in [1.82, 2.24) is 5.32 Å². The molecular formula is C88H171NO5. The average molecular weight is 1320 g/mol. The normalized spacial score (nSPS) is 12.5. The van der Waals surface area contributed by atoms with E-state index in [9.17, 15) is 19.8 Å². The van der Waals surface area contributed by atoms with Gasteiger partial charge >= 0.3 is 5.97 Å². The highest BCUT2D eigenvalue weighted by atomic mass is 16.5. The van der Waals surface area contributed by atoms with Gasteiger partial charge in [-0.2, -0.15) is 0 Å². The molecule has 0 aromatic carbocycles. The summed E-state index contributed by atoms with van der Waals surface area (Å²) in [5, 5.41) is 23.5. The minimum atomic E-state index is -0.664. The van der Waals surface area contributed by atoms with Crippen LogP contribution in [-0.4, -0.2) is 47.4 Å². The number of ether oxygens (including phenoxy) is 1. The maximum Gasteiger partial charge on any atom is 0.305 e. The minimum Gasteiger partial charge on any atom is -0.466 e. The number of esters is 1. The highest BCUT2D eigenvalue weighted by molar-refractivity contribution is 5.76. The molecule has 0 aliphatic carbocycles. The van der Waals surface area contributed by atoms with Crippen LogP contribution in [0, 0.1) is 0 Å². The van der Waals surface area contributed by atoms with E-state index in [4.69, 9.17) is 4.74 Å². The predicted molar refractivity (Wildman–Crippen MR) is 417 cm³/mol. The van der Waals surface area contributed by atoms with Gasteiger partial charge in [-0.1, -0.05) is 456 Å². The number of unbranched alkanes of at least 4 members (excludes halogenated alkanes) is 68. The van der Waals surface area contributed by atoms with Crippen LogP contribution in [-0.2, 0) is 14.3 Å². The number of hydrogen-bond acceptors (Lipinski definition) is 5. The molecular weight excluding hydrogens is 1150 g/mol. The average Bonchev–Trinajstić information content (AvgIpc) is 3.75. The summed E-state index contributed by atoms with van der Waals surface area (Å²) in [6, 6.07) is -0.541. The van der Waals surface area contributed by atoms with Gasteiger partial charge in [0.1, 0.15) is 0 Å². The molecule has 0 bridgehead atoms. The van der Waals surface area contributed by atoms with E-state index in [1.165, 1.54) is 424 Å². The molecule has 1 amide bonds. The van der Waals surface area contributed by atoms with E-state index in [1.807, 2.05) is 0 Å². The van der Waals surface area contributed by atoms with Crippen molar-refractivity contribution in [3.8, 4) is 0 Å². The van der Waals surface area contributed by atoms with E-state index in [1.54, 1.807) is 0 Å². The van der Waals surface area contributed by atoms with Gasteiger partial charge in [0.15, 0.2) is 0 Å². The molecule has 0 aromatic heterocycles. The molecule has 0 aromatic rings. The second-order valence-electron chi connectivity index (χ2n) is 30.2. The molecule has 2 atom stereocenters. The fourth-order valence-corrected chi connectivity index (χ4v) is 14.1. The molecule has 0 radical (unpaired) electrons. The number of aliphatic hydroxyl groups is 2. The Balaban J connectivity index is 3.35. The fourth-order valence-electron chi connectivity index (χ4n) is 14.1. The van der Waals surface area contributed by atoms with Crippen LogP contribution in [0.1, 0.15) is 502 Å². The van der Waals surface area contributed by atoms with Gasteiger partial charge in [0.05, 0.1) is 25.4 Å². The van der Waals surface area contributed by atoms with Gasteiger partial charge in [-0.15, -0.1) is 0 Å². The van der Waals surface area contributed by atoms with Crippen molar-refractivity contribution in [2.24, 2.45) is 0 Å². The summed E-state index contributed by atoms with van der Waals surface area (Å²) in [6.45, 7) is 5.02. The lowest BCUT2D eigenvalue weighted by Gasteiger charge is -2.22. The number of nitrogens with one attached hydrogen (secondary N) is 1. The Hall–Kier alpha value is -1.66. The van der Waals surface area contributed by atoms with Crippen molar-refractivity contribution in [2.75, 3.05) is 13.2 Å². The van der Waals surface area contributed by atoms with Crippen LogP contribution in [0.3, 0.4) is 0 Å². The Kier molecular flexibility index (Phi) is 82.3. The molecule has 0 saturated carbocycles. The Bertz CT molecular complexity index is 1480. The standard InChI is InChI=1S/C88H171NO5/c1-3-5-7-9-11-13-15-17-19-21-22-23-24-40-43-46-49-52-56-60-64-68-72-76-80-86(91)85(84-90)89-87(92)81-77-73-69-65-61-57-53-50-47-44-41-38-36-34-32-30-28-26-25-27-29-31-33-35-37-39-42-45-48-51-55-59-63-67-71-75-79-83-94-88(93)82-78-74-70-66-62-58-54-20-18-16-14-12-10-8-6-4-2/h25,27,31,33,85-86,90-91H,3-24,26,28-30,32,34-84H2,1-2H3,(H,89,92)/b27-25-,33-31-. The Labute approximate surface area is 590 Å². The summed E-state index contributed by atoms with van der Waals surface area (Å²) in [5.74, 6) is -0.00243. The molecule has 94 heavy (non-hydrogen) atoms. The van der Waals surface area contributed by atoms with Gasteiger partial charge in [-0.05, 0) is 57.8 Å². The molecule has 0 fully saturated rings. The van der Waals surface area contributed by atoms with Crippen molar-refractivity contribution < 1.29 is 24.5 Å². The first-order valence-corrected chi connectivity index (χ1v) is 43.6. The van der Waals surface area contributed by atoms with Gasteiger partial charge < -0.3 is 20.3 Å². The van der Waals surface area contributed by atoms with Crippen molar-refractivity contribution in [2.45, 2.75) is 514 Å². The third-order valence-corrected chi connectivity index (χ3v) is 20.8. The van der Waals surface area contributed by atoms with Crippen molar-refractivity contribution in [3.63, 3.8) is 0 Å². The first-order valence-electron chi connectivity index (χ1n) is 43.6. The predicted octanol–water partition coefficient (Wildman–Crippen LogP) is 29.2. The first kappa shape index (κ1) is 92.3. The smallest absolute Gasteiger partial charge is 0.305 e. The monoisotopic (exact) mass is 1320 g/mol.